The highest BCUT2D eigenvalue weighted by molar-refractivity contribution is 6.31. The molecule has 1 saturated heterocycles. The van der Waals surface area contributed by atoms with Gasteiger partial charge in [0.15, 0.2) is 17.2 Å². The van der Waals surface area contributed by atoms with E-state index in [1.807, 2.05) is 30.3 Å². The lowest BCUT2D eigenvalue weighted by Gasteiger charge is -2.44. The van der Waals surface area contributed by atoms with Crippen LogP contribution in [0.25, 0.3) is 5.57 Å². The summed E-state index contributed by atoms with van der Waals surface area (Å²) in [6, 6.07) is 12.3. The maximum Gasteiger partial charge on any atom is 0.412 e. The van der Waals surface area contributed by atoms with Gasteiger partial charge < -0.3 is 14.4 Å². The average molecular weight is 498 g/mol. The number of nitrogens with zero attached hydrogens (tertiary/aromatic N) is 3. The molecule has 1 fully saturated rings. The fraction of sp³-hybridized carbons (Fsp3) is 0.250. The number of benzene rings is 2. The molecule has 35 heavy (non-hydrogen) atoms. The zero-order chi connectivity index (χ0) is 24.6. The number of piperidine rings is 1. The minimum atomic E-state index is -1.37. The van der Waals surface area contributed by atoms with Crippen LogP contribution < -0.4 is 5.32 Å². The molecule has 3 heterocycles. The van der Waals surface area contributed by atoms with Crippen LogP contribution in [0.1, 0.15) is 40.4 Å². The van der Waals surface area contributed by atoms with Gasteiger partial charge in [0.2, 0.25) is 5.82 Å². The predicted molar refractivity (Wildman–Crippen MR) is 125 cm³/mol. The van der Waals surface area contributed by atoms with E-state index in [9.17, 15) is 9.59 Å². The van der Waals surface area contributed by atoms with Crippen LogP contribution in [0.2, 0.25) is 5.02 Å². The van der Waals surface area contributed by atoms with Gasteiger partial charge in [-0.2, -0.15) is 5.10 Å². The number of carbonyl (C=O) groups excluding carboxylic acids is 2. The van der Waals surface area contributed by atoms with E-state index < -0.39 is 23.4 Å². The number of rotatable bonds is 4. The Balaban J connectivity index is 1.45. The van der Waals surface area contributed by atoms with Crippen molar-refractivity contribution in [2.45, 2.75) is 18.4 Å². The molecule has 0 bridgehead atoms. The standard InChI is InChI=1S/C24H21ClFN5O4/c1-34-12-15(14-6-3-2-4-7-14)20-28-21(30-29-20)22(32)31-11-5-10-24(13-31)18-17(27-23(33)35-24)9-8-16(25)19(18)26/h2-4,6-9,12H,5,10-11,13H2,1H3,(H,27,33)(H,28,29,30)/b15-12-. The minimum Gasteiger partial charge on any atom is -0.504 e. The predicted octanol–water partition coefficient (Wildman–Crippen LogP) is 4.33. The molecular formula is C24H21ClFN5O4. The van der Waals surface area contributed by atoms with Gasteiger partial charge >= 0.3 is 6.09 Å². The Morgan fingerprint density at radius 3 is 2.86 bits per heavy atom. The van der Waals surface area contributed by atoms with E-state index in [4.69, 9.17) is 21.1 Å². The van der Waals surface area contributed by atoms with Crippen molar-refractivity contribution in [1.82, 2.24) is 20.1 Å². The number of methoxy groups -OCH3 is 1. The van der Waals surface area contributed by atoms with Crippen LogP contribution in [0.3, 0.4) is 0 Å². The molecule has 5 rings (SSSR count). The molecule has 0 aliphatic carbocycles. The lowest BCUT2D eigenvalue weighted by atomic mass is 9.83. The molecule has 1 atom stereocenters. The summed E-state index contributed by atoms with van der Waals surface area (Å²) < 4.78 is 25.9. The van der Waals surface area contributed by atoms with Crippen molar-refractivity contribution < 1.29 is 23.5 Å². The number of fused-ring (bicyclic) bond motifs is 2. The number of hydrogen-bond acceptors (Lipinski definition) is 6. The zero-order valence-corrected chi connectivity index (χ0v) is 19.4. The summed E-state index contributed by atoms with van der Waals surface area (Å²) in [5.41, 5.74) is 0.451. The average Bonchev–Trinajstić information content (AvgIpc) is 3.34. The normalized spacial score (nSPS) is 19.7. The van der Waals surface area contributed by atoms with Crippen LogP contribution >= 0.6 is 11.6 Å². The number of carbonyl (C=O) groups is 2. The van der Waals surface area contributed by atoms with Crippen molar-refractivity contribution in [3.05, 3.63) is 82.3 Å². The molecule has 2 aliphatic heterocycles. The molecule has 180 valence electrons. The molecular weight excluding hydrogens is 477 g/mol. The van der Waals surface area contributed by atoms with Crippen molar-refractivity contribution in [3.63, 3.8) is 0 Å². The number of anilines is 1. The molecule has 11 heteroatoms. The van der Waals surface area contributed by atoms with Gasteiger partial charge in [-0.3, -0.25) is 15.2 Å². The Bertz CT molecular complexity index is 1330. The van der Waals surface area contributed by atoms with Crippen molar-refractivity contribution in [3.8, 4) is 0 Å². The molecule has 1 unspecified atom stereocenters. The van der Waals surface area contributed by atoms with Crippen LogP contribution in [-0.2, 0) is 15.1 Å². The van der Waals surface area contributed by atoms with Crippen molar-refractivity contribution in [1.29, 1.82) is 0 Å². The maximum atomic E-state index is 15.1. The third-order valence-electron chi connectivity index (χ3n) is 6.07. The van der Waals surface area contributed by atoms with Gasteiger partial charge in [0.05, 0.1) is 41.8 Å². The van der Waals surface area contributed by atoms with Gasteiger partial charge in [-0.15, -0.1) is 0 Å². The largest absolute Gasteiger partial charge is 0.504 e. The number of halogens is 2. The van der Waals surface area contributed by atoms with Crippen molar-refractivity contribution >= 4 is 34.9 Å². The van der Waals surface area contributed by atoms with Crippen molar-refractivity contribution in [2.75, 3.05) is 25.5 Å². The Kier molecular flexibility index (Phi) is 5.89. The summed E-state index contributed by atoms with van der Waals surface area (Å²) in [7, 11) is 1.51. The number of hydrogen-bond donors (Lipinski definition) is 2. The molecule has 0 radical (unpaired) electrons. The number of H-pyrrole nitrogens is 1. The fourth-order valence-electron chi connectivity index (χ4n) is 4.56. The summed E-state index contributed by atoms with van der Waals surface area (Å²) in [5, 5.41) is 9.30. The lowest BCUT2D eigenvalue weighted by Crippen LogP contribution is -2.53. The first-order chi connectivity index (χ1) is 16.9. The molecule has 2 aromatic carbocycles. The second-order valence-electron chi connectivity index (χ2n) is 8.26. The van der Waals surface area contributed by atoms with E-state index in [-0.39, 0.29) is 34.5 Å². The van der Waals surface area contributed by atoms with E-state index >= 15 is 4.39 Å². The quantitative estimate of drug-likeness (QED) is 0.519. The van der Waals surface area contributed by atoms with Crippen LogP contribution in [0.15, 0.2) is 48.7 Å². The number of likely N-dealkylation sites (tertiary alicyclic amines) is 1. The Morgan fingerprint density at radius 1 is 1.29 bits per heavy atom. The summed E-state index contributed by atoms with van der Waals surface area (Å²) >= 11 is 6.03. The Hall–Kier alpha value is -3.92. The molecule has 9 nitrogen and oxygen atoms in total. The van der Waals surface area contributed by atoms with Crippen LogP contribution in [0.4, 0.5) is 14.9 Å². The highest BCUT2D eigenvalue weighted by Gasteiger charge is 2.49. The molecule has 2 aliphatic rings. The fourth-order valence-corrected chi connectivity index (χ4v) is 4.72. The molecule has 1 aromatic heterocycles. The first kappa shape index (κ1) is 22.9. The van der Waals surface area contributed by atoms with E-state index in [2.05, 4.69) is 20.5 Å². The van der Waals surface area contributed by atoms with Crippen LogP contribution in [0, 0.1) is 5.82 Å². The second-order valence-corrected chi connectivity index (χ2v) is 8.67. The number of amides is 2. The molecule has 3 aromatic rings. The lowest BCUT2D eigenvalue weighted by molar-refractivity contribution is -0.0420. The van der Waals surface area contributed by atoms with E-state index in [1.54, 1.807) is 0 Å². The van der Waals surface area contributed by atoms with Crippen LogP contribution in [0.5, 0.6) is 0 Å². The first-order valence-corrected chi connectivity index (χ1v) is 11.3. The third-order valence-corrected chi connectivity index (χ3v) is 6.36. The first-order valence-electron chi connectivity index (χ1n) is 10.9. The van der Waals surface area contributed by atoms with E-state index in [0.29, 0.717) is 25.0 Å². The van der Waals surface area contributed by atoms with Gasteiger partial charge in [0.1, 0.15) is 0 Å². The number of ether oxygens (including phenoxy) is 2. The van der Waals surface area contributed by atoms with Gasteiger partial charge in [-0.25, -0.2) is 14.2 Å². The zero-order valence-electron chi connectivity index (χ0n) is 18.7. The number of aromatic amines is 1. The summed E-state index contributed by atoms with van der Waals surface area (Å²) in [6.45, 7) is 0.317. The number of nitrogens with one attached hydrogen (secondary N) is 2. The molecule has 1 spiro atoms. The molecule has 0 saturated carbocycles. The highest BCUT2D eigenvalue weighted by Crippen LogP contribution is 2.45. The molecule has 2 N–H and O–H groups in total. The monoisotopic (exact) mass is 497 g/mol. The van der Waals surface area contributed by atoms with Gasteiger partial charge in [0, 0.05) is 6.54 Å². The SMILES string of the molecule is CO/C=C(/c1ccccc1)c1n[nH]c(C(=O)N2CCCC3(C2)OC(=O)Nc2ccc(Cl)c(F)c23)n1. The van der Waals surface area contributed by atoms with Crippen molar-refractivity contribution in [2.24, 2.45) is 0 Å². The summed E-state index contributed by atoms with van der Waals surface area (Å²) in [4.78, 5) is 31.5. The minimum absolute atomic E-state index is 0.00188. The van der Waals surface area contributed by atoms with Gasteiger partial charge in [-0.05, 0) is 30.5 Å². The van der Waals surface area contributed by atoms with Crippen LogP contribution in [-0.4, -0.2) is 52.3 Å². The smallest absolute Gasteiger partial charge is 0.412 e. The highest BCUT2D eigenvalue weighted by atomic mass is 35.5. The Labute approximate surface area is 204 Å². The summed E-state index contributed by atoms with van der Waals surface area (Å²) in [5.74, 6) is -0.851. The third kappa shape index (κ3) is 4.10. The Morgan fingerprint density at radius 2 is 2.09 bits per heavy atom. The van der Waals surface area contributed by atoms with Gasteiger partial charge in [-0.1, -0.05) is 41.9 Å². The van der Waals surface area contributed by atoms with E-state index in [1.165, 1.54) is 30.4 Å². The number of aromatic nitrogens is 3. The summed E-state index contributed by atoms with van der Waals surface area (Å²) in [6.07, 6.45) is 1.60. The maximum absolute atomic E-state index is 15.1. The van der Waals surface area contributed by atoms with Gasteiger partial charge in [0.25, 0.3) is 5.91 Å². The molecule has 2 amide bonds. The topological polar surface area (TPSA) is 109 Å². The second kappa shape index (κ2) is 9.03. The van der Waals surface area contributed by atoms with E-state index in [0.717, 1.165) is 5.56 Å².